The second-order valence-corrected chi connectivity index (χ2v) is 10.9. The van der Waals surface area contributed by atoms with Crippen LogP contribution in [0.25, 0.3) is 72.9 Å². The number of fused-ring (bicyclic) bond motifs is 3. The minimum Gasteiger partial charge on any atom is -0.293 e. The van der Waals surface area contributed by atoms with Crippen molar-refractivity contribution in [3.05, 3.63) is 151 Å². The normalized spacial score (nSPS) is 11.3. The summed E-state index contributed by atoms with van der Waals surface area (Å²) in [4.78, 5) is 19.6. The summed E-state index contributed by atoms with van der Waals surface area (Å²) in [5.74, 6) is 2.67. The van der Waals surface area contributed by atoms with Crippen molar-refractivity contribution in [1.29, 1.82) is 0 Å². The van der Waals surface area contributed by atoms with Crippen molar-refractivity contribution in [3.63, 3.8) is 0 Å². The van der Waals surface area contributed by atoms with Gasteiger partial charge in [0.25, 0.3) is 0 Å². The van der Waals surface area contributed by atoms with Crippen molar-refractivity contribution in [1.82, 2.24) is 24.5 Å². The number of hydrogen-bond donors (Lipinski definition) is 0. The fourth-order valence-corrected chi connectivity index (χ4v) is 5.81. The van der Waals surface area contributed by atoms with Crippen LogP contribution in [0.4, 0.5) is 0 Å². The summed E-state index contributed by atoms with van der Waals surface area (Å²) in [6.45, 7) is 2.12. The van der Waals surface area contributed by atoms with E-state index in [1.165, 1.54) is 27.5 Å². The zero-order valence-electron chi connectivity index (χ0n) is 24.1. The van der Waals surface area contributed by atoms with E-state index in [0.717, 1.165) is 33.5 Å². The van der Waals surface area contributed by atoms with E-state index in [9.17, 15) is 0 Å². The Hall–Kier alpha value is -5.94. The highest BCUT2D eigenvalue weighted by molar-refractivity contribution is 6.13. The van der Waals surface area contributed by atoms with E-state index in [-0.39, 0.29) is 0 Å². The highest BCUT2D eigenvalue weighted by Gasteiger charge is 2.18. The summed E-state index contributed by atoms with van der Waals surface area (Å²) in [5.41, 5.74) is 8.53. The molecule has 0 bridgehead atoms. The lowest BCUT2D eigenvalue weighted by Gasteiger charge is -2.12. The van der Waals surface area contributed by atoms with Crippen LogP contribution in [0.5, 0.6) is 0 Å². The maximum atomic E-state index is 5.01. The average Bonchev–Trinajstić information content (AvgIpc) is 3.44. The van der Waals surface area contributed by atoms with E-state index in [1.807, 2.05) is 66.9 Å². The third-order valence-electron chi connectivity index (χ3n) is 7.99. The van der Waals surface area contributed by atoms with E-state index in [2.05, 4.69) is 90.4 Å². The Kier molecular flexibility index (Phi) is 6.27. The molecule has 3 aromatic heterocycles. The maximum absolute atomic E-state index is 5.01. The number of rotatable bonds is 5. The van der Waals surface area contributed by atoms with Gasteiger partial charge in [-0.05, 0) is 30.7 Å². The molecule has 0 radical (unpaired) electrons. The van der Waals surface area contributed by atoms with Gasteiger partial charge in [0, 0.05) is 39.2 Å². The molecular weight excluding hydrogens is 538 g/mol. The van der Waals surface area contributed by atoms with Crippen LogP contribution in [0.15, 0.2) is 146 Å². The van der Waals surface area contributed by atoms with Crippen molar-refractivity contribution in [2.24, 2.45) is 0 Å². The Labute approximate surface area is 255 Å². The molecule has 5 heteroatoms. The zero-order valence-corrected chi connectivity index (χ0v) is 24.1. The third kappa shape index (κ3) is 4.52. The lowest BCUT2D eigenvalue weighted by atomic mass is 10.0. The van der Waals surface area contributed by atoms with Gasteiger partial charge in [-0.3, -0.25) is 4.57 Å². The Morgan fingerprint density at radius 3 is 1.66 bits per heavy atom. The third-order valence-corrected chi connectivity index (χ3v) is 7.99. The SMILES string of the molecule is Cc1ccc(-c2cccc3c4ccccc4n(-c4ccc(-c5nc(-c6ccccc6)nc(-c6ccccc6)n5)cn4)c23)cc1. The Morgan fingerprint density at radius 2 is 1.02 bits per heavy atom. The molecule has 0 saturated carbocycles. The number of aromatic nitrogens is 5. The van der Waals surface area contributed by atoms with Crippen LogP contribution in [-0.2, 0) is 0 Å². The molecule has 0 aliphatic carbocycles. The van der Waals surface area contributed by atoms with E-state index in [1.54, 1.807) is 0 Å². The van der Waals surface area contributed by atoms with Crippen molar-refractivity contribution in [2.45, 2.75) is 6.92 Å². The van der Waals surface area contributed by atoms with Gasteiger partial charge in [0.1, 0.15) is 5.82 Å². The smallest absolute Gasteiger partial charge is 0.165 e. The molecule has 8 aromatic rings. The predicted molar refractivity (Wildman–Crippen MR) is 178 cm³/mol. The summed E-state index contributed by atoms with van der Waals surface area (Å²) in [6, 6.07) is 47.9. The van der Waals surface area contributed by atoms with Crippen LogP contribution in [0.2, 0.25) is 0 Å². The molecule has 0 atom stereocenters. The molecule has 5 aromatic carbocycles. The number of pyridine rings is 1. The first kappa shape index (κ1) is 25.7. The molecular formula is C39H27N5. The summed E-state index contributed by atoms with van der Waals surface area (Å²) >= 11 is 0. The molecule has 44 heavy (non-hydrogen) atoms. The summed E-state index contributed by atoms with van der Waals surface area (Å²) in [6.07, 6.45) is 1.86. The number of hydrogen-bond acceptors (Lipinski definition) is 4. The van der Waals surface area contributed by atoms with Gasteiger partial charge in [0.05, 0.1) is 11.0 Å². The molecule has 0 aliphatic rings. The van der Waals surface area contributed by atoms with Crippen molar-refractivity contribution in [3.8, 4) is 51.1 Å². The lowest BCUT2D eigenvalue weighted by molar-refractivity contribution is 1.05. The minimum absolute atomic E-state index is 0.583. The molecule has 0 fully saturated rings. The second-order valence-electron chi connectivity index (χ2n) is 10.9. The van der Waals surface area contributed by atoms with Crippen LogP contribution in [-0.4, -0.2) is 24.5 Å². The Bertz CT molecular complexity index is 2200. The number of para-hydroxylation sites is 2. The molecule has 0 saturated heterocycles. The van der Waals surface area contributed by atoms with Crippen molar-refractivity contribution in [2.75, 3.05) is 0 Å². The molecule has 0 amide bonds. The summed E-state index contributed by atoms with van der Waals surface area (Å²) < 4.78 is 2.27. The van der Waals surface area contributed by atoms with Crippen LogP contribution in [0.3, 0.4) is 0 Å². The fraction of sp³-hybridized carbons (Fsp3) is 0.0256. The highest BCUT2D eigenvalue weighted by Crippen LogP contribution is 2.38. The summed E-state index contributed by atoms with van der Waals surface area (Å²) in [5, 5.41) is 2.39. The average molecular weight is 566 g/mol. The largest absolute Gasteiger partial charge is 0.293 e. The topological polar surface area (TPSA) is 56.5 Å². The van der Waals surface area contributed by atoms with Crippen LogP contribution >= 0.6 is 0 Å². The molecule has 5 nitrogen and oxygen atoms in total. The van der Waals surface area contributed by atoms with Gasteiger partial charge in [-0.25, -0.2) is 19.9 Å². The first-order valence-corrected chi connectivity index (χ1v) is 14.7. The monoisotopic (exact) mass is 565 g/mol. The Morgan fingerprint density at radius 1 is 0.455 bits per heavy atom. The Balaban J connectivity index is 1.29. The first-order valence-electron chi connectivity index (χ1n) is 14.7. The second kappa shape index (κ2) is 10.7. The van der Waals surface area contributed by atoms with Gasteiger partial charge in [-0.1, -0.05) is 127 Å². The number of aryl methyl sites for hydroxylation is 1. The summed E-state index contributed by atoms with van der Waals surface area (Å²) in [7, 11) is 0. The number of benzene rings is 5. The zero-order chi connectivity index (χ0) is 29.5. The van der Waals surface area contributed by atoms with Gasteiger partial charge in [0.15, 0.2) is 17.5 Å². The van der Waals surface area contributed by atoms with Crippen molar-refractivity contribution < 1.29 is 0 Å². The minimum atomic E-state index is 0.583. The van der Waals surface area contributed by atoms with E-state index in [0.29, 0.717) is 17.5 Å². The standard InChI is InChI=1S/C39H27N5/c1-26-19-21-27(22-20-26)31-16-10-17-33-32-15-8-9-18-34(32)44(36(31)33)35-24-23-30(25-40-35)39-42-37(28-11-4-2-5-12-28)41-38(43-39)29-13-6-3-7-14-29/h2-25H,1H3. The van der Waals surface area contributed by atoms with Gasteiger partial charge in [-0.15, -0.1) is 0 Å². The van der Waals surface area contributed by atoms with Crippen LogP contribution < -0.4 is 0 Å². The van der Waals surface area contributed by atoms with E-state index < -0.39 is 0 Å². The van der Waals surface area contributed by atoms with Crippen molar-refractivity contribution >= 4 is 21.8 Å². The molecule has 0 spiro atoms. The predicted octanol–water partition coefficient (Wildman–Crippen LogP) is 9.34. The lowest BCUT2D eigenvalue weighted by Crippen LogP contribution is -2.02. The van der Waals surface area contributed by atoms with E-state index in [4.69, 9.17) is 19.9 Å². The van der Waals surface area contributed by atoms with Gasteiger partial charge in [-0.2, -0.15) is 0 Å². The molecule has 0 aliphatic heterocycles. The number of nitrogens with zero attached hydrogens (tertiary/aromatic N) is 5. The van der Waals surface area contributed by atoms with Gasteiger partial charge in [0.2, 0.25) is 0 Å². The van der Waals surface area contributed by atoms with Crippen LogP contribution in [0.1, 0.15) is 5.56 Å². The molecule has 8 rings (SSSR count). The van der Waals surface area contributed by atoms with Crippen LogP contribution in [0, 0.1) is 6.92 Å². The highest BCUT2D eigenvalue weighted by atomic mass is 15.1. The molecule has 0 unspecified atom stereocenters. The van der Waals surface area contributed by atoms with E-state index >= 15 is 0 Å². The van der Waals surface area contributed by atoms with Gasteiger partial charge < -0.3 is 0 Å². The van der Waals surface area contributed by atoms with Gasteiger partial charge >= 0.3 is 0 Å². The maximum Gasteiger partial charge on any atom is 0.165 e. The fourth-order valence-electron chi connectivity index (χ4n) is 5.81. The molecule has 3 heterocycles. The molecule has 0 N–H and O–H groups in total. The first-order chi connectivity index (χ1) is 21.7. The molecule has 208 valence electrons. The quantitative estimate of drug-likeness (QED) is 0.209.